The van der Waals surface area contributed by atoms with Gasteiger partial charge in [-0.3, -0.25) is 9.48 Å². The van der Waals surface area contributed by atoms with Gasteiger partial charge in [0.15, 0.2) is 0 Å². The maximum atomic E-state index is 11.1. The fraction of sp³-hybridized carbons (Fsp3) is 0.636. The minimum absolute atomic E-state index is 0.387. The number of carboxylic acid groups (broad SMARTS) is 1. The average molecular weight is 258 g/mol. The van der Waals surface area contributed by atoms with Crippen molar-refractivity contribution in [2.24, 2.45) is 0 Å². The molecule has 2 N–H and O–H groups in total. The van der Waals surface area contributed by atoms with E-state index in [2.05, 4.69) is 10.4 Å². The molecule has 6 heteroatoms. The van der Waals surface area contributed by atoms with Crippen LogP contribution in [-0.2, 0) is 11.3 Å². The molecule has 1 atom stereocenters. The Morgan fingerprint density at radius 1 is 1.76 bits per heavy atom. The van der Waals surface area contributed by atoms with Crippen LogP contribution in [0.3, 0.4) is 0 Å². The first-order chi connectivity index (χ1) is 8.08. The summed E-state index contributed by atoms with van der Waals surface area (Å²) in [5, 5.41) is 16.9. The standard InChI is InChI=1S/C11H16ClN3O2/c1-7-9(12)6-13-15(7)5-4-10(11(16)17)14-8-2-3-8/h6,8,10,14H,2-5H2,1H3,(H,16,17). The molecule has 0 aliphatic heterocycles. The van der Waals surface area contributed by atoms with E-state index in [9.17, 15) is 4.79 Å². The van der Waals surface area contributed by atoms with Crippen LogP contribution in [0.1, 0.15) is 25.0 Å². The molecule has 94 valence electrons. The molecule has 5 nitrogen and oxygen atoms in total. The number of carboxylic acids is 1. The van der Waals surface area contributed by atoms with Crippen molar-refractivity contribution in [3.8, 4) is 0 Å². The number of aliphatic carboxylic acids is 1. The van der Waals surface area contributed by atoms with Gasteiger partial charge in [0, 0.05) is 12.6 Å². The Morgan fingerprint density at radius 3 is 2.94 bits per heavy atom. The Kier molecular flexibility index (Phi) is 3.69. The van der Waals surface area contributed by atoms with Crippen molar-refractivity contribution in [1.82, 2.24) is 15.1 Å². The van der Waals surface area contributed by atoms with Gasteiger partial charge in [-0.2, -0.15) is 5.10 Å². The van der Waals surface area contributed by atoms with E-state index in [1.54, 1.807) is 10.9 Å². The molecular formula is C11H16ClN3O2. The fourth-order valence-electron chi connectivity index (χ4n) is 1.71. The van der Waals surface area contributed by atoms with Crippen molar-refractivity contribution in [3.63, 3.8) is 0 Å². The Labute approximate surface area is 105 Å². The van der Waals surface area contributed by atoms with Gasteiger partial charge >= 0.3 is 5.97 Å². The Bertz CT molecular complexity index is 415. The molecule has 17 heavy (non-hydrogen) atoms. The van der Waals surface area contributed by atoms with Crippen molar-refractivity contribution < 1.29 is 9.90 Å². The van der Waals surface area contributed by atoms with E-state index < -0.39 is 12.0 Å². The summed E-state index contributed by atoms with van der Waals surface area (Å²) in [6.07, 6.45) is 4.26. The van der Waals surface area contributed by atoms with Gasteiger partial charge in [0.25, 0.3) is 0 Å². The zero-order valence-electron chi connectivity index (χ0n) is 9.69. The molecule has 1 aromatic heterocycles. The van der Waals surface area contributed by atoms with E-state index in [1.165, 1.54) is 0 Å². The molecule has 1 fully saturated rings. The highest BCUT2D eigenvalue weighted by atomic mass is 35.5. The van der Waals surface area contributed by atoms with Crippen LogP contribution in [0.4, 0.5) is 0 Å². The second-order valence-corrected chi connectivity index (χ2v) is 4.83. The highest BCUT2D eigenvalue weighted by Crippen LogP contribution is 2.20. The highest BCUT2D eigenvalue weighted by Gasteiger charge is 2.28. The largest absolute Gasteiger partial charge is 0.480 e. The van der Waals surface area contributed by atoms with Gasteiger partial charge in [-0.05, 0) is 26.2 Å². The smallest absolute Gasteiger partial charge is 0.320 e. The van der Waals surface area contributed by atoms with Gasteiger partial charge in [0.05, 0.1) is 16.9 Å². The van der Waals surface area contributed by atoms with Crippen LogP contribution in [0.15, 0.2) is 6.20 Å². The van der Waals surface area contributed by atoms with Crippen LogP contribution >= 0.6 is 11.6 Å². The van der Waals surface area contributed by atoms with E-state index in [-0.39, 0.29) is 0 Å². The van der Waals surface area contributed by atoms with Crippen molar-refractivity contribution in [1.29, 1.82) is 0 Å². The van der Waals surface area contributed by atoms with Gasteiger partial charge in [0.2, 0.25) is 0 Å². The zero-order chi connectivity index (χ0) is 12.4. The van der Waals surface area contributed by atoms with Crippen LogP contribution in [0.25, 0.3) is 0 Å². The van der Waals surface area contributed by atoms with Gasteiger partial charge < -0.3 is 10.4 Å². The van der Waals surface area contributed by atoms with Crippen LogP contribution in [-0.4, -0.2) is 32.9 Å². The normalized spacial score (nSPS) is 17.1. The number of halogens is 1. The van der Waals surface area contributed by atoms with Gasteiger partial charge in [-0.1, -0.05) is 11.6 Å². The Hall–Kier alpha value is -1.07. The maximum absolute atomic E-state index is 11.1. The molecular weight excluding hydrogens is 242 g/mol. The SMILES string of the molecule is Cc1c(Cl)cnn1CCC(NC1CC1)C(=O)O. The molecule has 0 aromatic carbocycles. The summed E-state index contributed by atoms with van der Waals surface area (Å²) in [7, 11) is 0. The number of aromatic nitrogens is 2. The number of hydrogen-bond acceptors (Lipinski definition) is 3. The summed E-state index contributed by atoms with van der Waals surface area (Å²) in [5.41, 5.74) is 0.877. The minimum atomic E-state index is -0.798. The number of hydrogen-bond donors (Lipinski definition) is 2. The lowest BCUT2D eigenvalue weighted by molar-refractivity contribution is -0.139. The monoisotopic (exact) mass is 257 g/mol. The maximum Gasteiger partial charge on any atom is 0.320 e. The number of nitrogens with one attached hydrogen (secondary N) is 1. The van der Waals surface area contributed by atoms with Gasteiger partial charge in [-0.15, -0.1) is 0 Å². The first-order valence-corrected chi connectivity index (χ1v) is 6.12. The van der Waals surface area contributed by atoms with E-state index in [0.29, 0.717) is 24.0 Å². The fourth-order valence-corrected chi connectivity index (χ4v) is 1.85. The van der Waals surface area contributed by atoms with Crippen LogP contribution in [0.5, 0.6) is 0 Å². The van der Waals surface area contributed by atoms with E-state index >= 15 is 0 Å². The molecule has 1 aliphatic carbocycles. The molecule has 0 spiro atoms. The molecule has 0 bridgehead atoms. The molecule has 0 radical (unpaired) electrons. The summed E-state index contributed by atoms with van der Waals surface area (Å²) in [4.78, 5) is 11.1. The third-order valence-corrected chi connectivity index (χ3v) is 3.36. The second kappa shape index (κ2) is 5.06. The topological polar surface area (TPSA) is 67.2 Å². The summed E-state index contributed by atoms with van der Waals surface area (Å²) >= 11 is 5.89. The summed E-state index contributed by atoms with van der Waals surface area (Å²) in [6.45, 7) is 2.44. The van der Waals surface area contributed by atoms with Crippen molar-refractivity contribution >= 4 is 17.6 Å². The minimum Gasteiger partial charge on any atom is -0.480 e. The lowest BCUT2D eigenvalue weighted by Crippen LogP contribution is -2.39. The lowest BCUT2D eigenvalue weighted by Gasteiger charge is -2.14. The lowest BCUT2D eigenvalue weighted by atomic mass is 10.2. The first kappa shape index (κ1) is 12.4. The molecule has 1 unspecified atom stereocenters. The van der Waals surface area contributed by atoms with E-state index in [1.807, 2.05) is 6.92 Å². The average Bonchev–Trinajstić information content (AvgIpc) is 3.04. The van der Waals surface area contributed by atoms with E-state index in [0.717, 1.165) is 18.5 Å². The molecule has 0 amide bonds. The first-order valence-electron chi connectivity index (χ1n) is 5.74. The molecule has 2 rings (SSSR count). The molecule has 1 heterocycles. The van der Waals surface area contributed by atoms with Crippen molar-refractivity contribution in [3.05, 3.63) is 16.9 Å². The summed E-state index contributed by atoms with van der Waals surface area (Å²) < 4.78 is 1.74. The summed E-state index contributed by atoms with van der Waals surface area (Å²) in [6, 6.07) is -0.108. The number of carbonyl (C=O) groups is 1. The predicted molar refractivity (Wildman–Crippen MR) is 64.2 cm³/mol. The number of aryl methyl sites for hydroxylation is 1. The Morgan fingerprint density at radius 2 is 2.47 bits per heavy atom. The Balaban J connectivity index is 1.90. The van der Waals surface area contributed by atoms with E-state index in [4.69, 9.17) is 16.7 Å². The highest BCUT2D eigenvalue weighted by molar-refractivity contribution is 6.31. The third kappa shape index (κ3) is 3.20. The van der Waals surface area contributed by atoms with Crippen molar-refractivity contribution in [2.75, 3.05) is 0 Å². The number of nitrogens with zero attached hydrogens (tertiary/aromatic N) is 2. The summed E-state index contributed by atoms with van der Waals surface area (Å²) in [5.74, 6) is -0.798. The second-order valence-electron chi connectivity index (χ2n) is 4.42. The zero-order valence-corrected chi connectivity index (χ0v) is 10.4. The third-order valence-electron chi connectivity index (χ3n) is 2.99. The van der Waals surface area contributed by atoms with Crippen molar-refractivity contribution in [2.45, 2.75) is 44.8 Å². The molecule has 1 saturated carbocycles. The van der Waals surface area contributed by atoms with Gasteiger partial charge in [0.1, 0.15) is 6.04 Å². The van der Waals surface area contributed by atoms with Gasteiger partial charge in [-0.25, -0.2) is 0 Å². The predicted octanol–water partition coefficient (Wildman–Crippen LogP) is 1.44. The molecule has 1 aliphatic rings. The number of rotatable bonds is 6. The van der Waals surface area contributed by atoms with Crippen LogP contribution < -0.4 is 5.32 Å². The molecule has 0 saturated heterocycles. The molecule has 1 aromatic rings. The quantitative estimate of drug-likeness (QED) is 0.809. The van der Waals surface area contributed by atoms with Crippen LogP contribution in [0.2, 0.25) is 5.02 Å². The van der Waals surface area contributed by atoms with Crippen LogP contribution in [0, 0.1) is 6.92 Å².